The summed E-state index contributed by atoms with van der Waals surface area (Å²) in [4.78, 5) is 11.6. The fourth-order valence-corrected chi connectivity index (χ4v) is 1.32. The molecule has 5 heteroatoms. The molecule has 2 rings (SSSR count). The van der Waals surface area contributed by atoms with Crippen LogP contribution >= 0.6 is 0 Å². The topological polar surface area (TPSA) is 26.3 Å². The number of carbonyl (C=O) groups excluding carboxylic acids is 1. The molecule has 0 radical (unpaired) electrons. The van der Waals surface area contributed by atoms with E-state index < -0.39 is 23.4 Å². The Labute approximate surface area is 101 Å². The van der Waals surface area contributed by atoms with E-state index in [1.807, 2.05) is 0 Å². The zero-order valence-corrected chi connectivity index (χ0v) is 8.99. The zero-order valence-electron chi connectivity index (χ0n) is 8.99. The van der Waals surface area contributed by atoms with Crippen molar-refractivity contribution in [1.29, 1.82) is 0 Å². The molecule has 0 N–H and O–H groups in total. The molecule has 0 bridgehead atoms. The maximum absolute atomic E-state index is 12.9. The van der Waals surface area contributed by atoms with E-state index in [2.05, 4.69) is 0 Å². The summed E-state index contributed by atoms with van der Waals surface area (Å²) in [7, 11) is 0. The molecule has 92 valence electrons. The standard InChI is InChI=1S/C13H7F3O2/c14-9-2-1-3-10(7-9)18-13(17)8-4-5-11(15)12(16)6-8/h1-7H. The molecule has 0 aliphatic carbocycles. The van der Waals surface area contributed by atoms with Gasteiger partial charge in [-0.3, -0.25) is 0 Å². The highest BCUT2D eigenvalue weighted by Gasteiger charge is 2.12. The van der Waals surface area contributed by atoms with Crippen molar-refractivity contribution in [3.8, 4) is 5.75 Å². The van der Waals surface area contributed by atoms with E-state index in [0.717, 1.165) is 24.3 Å². The average molecular weight is 252 g/mol. The largest absolute Gasteiger partial charge is 0.423 e. The summed E-state index contributed by atoms with van der Waals surface area (Å²) in [5.41, 5.74) is -0.154. The minimum Gasteiger partial charge on any atom is -0.423 e. The summed E-state index contributed by atoms with van der Waals surface area (Å²) < 4.78 is 43.2. The number of carbonyl (C=O) groups is 1. The van der Waals surface area contributed by atoms with Gasteiger partial charge in [-0.15, -0.1) is 0 Å². The van der Waals surface area contributed by atoms with Crippen molar-refractivity contribution in [2.24, 2.45) is 0 Å². The molecule has 0 heterocycles. The second-order valence-electron chi connectivity index (χ2n) is 3.48. The summed E-state index contributed by atoms with van der Waals surface area (Å²) in [5.74, 6) is -3.67. The Bertz CT molecular complexity index is 597. The van der Waals surface area contributed by atoms with Gasteiger partial charge in [0.1, 0.15) is 11.6 Å². The van der Waals surface area contributed by atoms with E-state index in [1.165, 1.54) is 18.2 Å². The molecular weight excluding hydrogens is 245 g/mol. The molecule has 2 nitrogen and oxygen atoms in total. The molecule has 0 saturated heterocycles. The van der Waals surface area contributed by atoms with Crippen LogP contribution in [-0.4, -0.2) is 5.97 Å². The molecule has 0 aliphatic heterocycles. The quantitative estimate of drug-likeness (QED) is 0.605. The van der Waals surface area contributed by atoms with Crippen LogP contribution in [0.1, 0.15) is 10.4 Å². The number of halogens is 3. The first-order valence-electron chi connectivity index (χ1n) is 4.99. The second kappa shape index (κ2) is 4.91. The van der Waals surface area contributed by atoms with Gasteiger partial charge in [-0.1, -0.05) is 6.07 Å². The number of rotatable bonds is 2. The van der Waals surface area contributed by atoms with E-state index in [4.69, 9.17) is 4.74 Å². The van der Waals surface area contributed by atoms with Gasteiger partial charge in [0.2, 0.25) is 0 Å². The lowest BCUT2D eigenvalue weighted by Gasteiger charge is -2.04. The van der Waals surface area contributed by atoms with Crippen molar-refractivity contribution in [2.45, 2.75) is 0 Å². The van der Waals surface area contributed by atoms with E-state index in [0.29, 0.717) is 0 Å². The summed E-state index contributed by atoms with van der Waals surface area (Å²) in [5, 5.41) is 0. The molecule has 2 aromatic carbocycles. The van der Waals surface area contributed by atoms with Crippen molar-refractivity contribution < 1.29 is 22.7 Å². The van der Waals surface area contributed by atoms with Crippen LogP contribution in [0.3, 0.4) is 0 Å². The van der Waals surface area contributed by atoms with Gasteiger partial charge in [-0.05, 0) is 30.3 Å². The summed E-state index contributed by atoms with van der Waals surface area (Å²) in [6, 6.07) is 7.56. The van der Waals surface area contributed by atoms with Gasteiger partial charge in [0.15, 0.2) is 11.6 Å². The molecule has 0 unspecified atom stereocenters. The predicted molar refractivity (Wildman–Crippen MR) is 57.7 cm³/mol. The molecule has 0 aliphatic rings. The van der Waals surface area contributed by atoms with Gasteiger partial charge in [-0.25, -0.2) is 18.0 Å². The Kier molecular flexibility index (Phi) is 3.32. The van der Waals surface area contributed by atoms with Crippen LogP contribution < -0.4 is 4.74 Å². The molecule has 0 atom stereocenters. The van der Waals surface area contributed by atoms with Gasteiger partial charge in [0.25, 0.3) is 0 Å². The lowest BCUT2D eigenvalue weighted by Crippen LogP contribution is -2.09. The maximum Gasteiger partial charge on any atom is 0.343 e. The minimum absolute atomic E-state index is 0.00951. The Morgan fingerprint density at radius 1 is 0.944 bits per heavy atom. The Morgan fingerprint density at radius 3 is 2.39 bits per heavy atom. The fourth-order valence-electron chi connectivity index (χ4n) is 1.32. The molecule has 0 spiro atoms. The number of ether oxygens (including phenoxy) is 1. The van der Waals surface area contributed by atoms with Gasteiger partial charge in [0.05, 0.1) is 5.56 Å². The highest BCUT2D eigenvalue weighted by Crippen LogP contribution is 2.15. The molecule has 0 amide bonds. The first kappa shape index (κ1) is 12.2. The monoisotopic (exact) mass is 252 g/mol. The summed E-state index contributed by atoms with van der Waals surface area (Å²) in [6.45, 7) is 0. The predicted octanol–water partition coefficient (Wildman–Crippen LogP) is 3.32. The van der Waals surface area contributed by atoms with Crippen LogP contribution in [0.2, 0.25) is 0 Å². The SMILES string of the molecule is O=C(Oc1cccc(F)c1)c1ccc(F)c(F)c1. The number of esters is 1. The third-order valence-corrected chi connectivity index (χ3v) is 2.16. The van der Waals surface area contributed by atoms with Gasteiger partial charge in [0, 0.05) is 6.07 Å². The van der Waals surface area contributed by atoms with Crippen molar-refractivity contribution in [3.63, 3.8) is 0 Å². The first-order chi connectivity index (χ1) is 8.56. The van der Waals surface area contributed by atoms with Gasteiger partial charge >= 0.3 is 5.97 Å². The number of benzene rings is 2. The minimum atomic E-state index is -1.15. The second-order valence-corrected chi connectivity index (χ2v) is 3.48. The first-order valence-corrected chi connectivity index (χ1v) is 4.99. The van der Waals surface area contributed by atoms with E-state index >= 15 is 0 Å². The van der Waals surface area contributed by atoms with Crippen molar-refractivity contribution in [3.05, 3.63) is 65.5 Å². The molecule has 0 fully saturated rings. The molecule has 0 aromatic heterocycles. The van der Waals surface area contributed by atoms with Gasteiger partial charge < -0.3 is 4.74 Å². The Morgan fingerprint density at radius 2 is 1.72 bits per heavy atom. The number of hydrogen-bond donors (Lipinski definition) is 0. The van der Waals surface area contributed by atoms with Crippen LogP contribution in [-0.2, 0) is 0 Å². The summed E-state index contributed by atoms with van der Waals surface area (Å²) in [6.07, 6.45) is 0. The highest BCUT2D eigenvalue weighted by atomic mass is 19.2. The number of hydrogen-bond acceptors (Lipinski definition) is 2. The molecule has 0 saturated carbocycles. The molecule has 18 heavy (non-hydrogen) atoms. The van der Waals surface area contributed by atoms with E-state index in [-0.39, 0.29) is 11.3 Å². The van der Waals surface area contributed by atoms with Crippen LogP contribution in [0.25, 0.3) is 0 Å². The Hall–Kier alpha value is -2.30. The average Bonchev–Trinajstić information content (AvgIpc) is 2.32. The highest BCUT2D eigenvalue weighted by molar-refractivity contribution is 5.91. The third kappa shape index (κ3) is 2.68. The van der Waals surface area contributed by atoms with Crippen molar-refractivity contribution in [1.82, 2.24) is 0 Å². The van der Waals surface area contributed by atoms with E-state index in [9.17, 15) is 18.0 Å². The van der Waals surface area contributed by atoms with Crippen LogP contribution in [0.4, 0.5) is 13.2 Å². The van der Waals surface area contributed by atoms with Crippen LogP contribution in [0.15, 0.2) is 42.5 Å². The lowest BCUT2D eigenvalue weighted by molar-refractivity contribution is 0.0733. The smallest absolute Gasteiger partial charge is 0.343 e. The molecular formula is C13H7F3O2. The van der Waals surface area contributed by atoms with Crippen LogP contribution in [0, 0.1) is 17.5 Å². The third-order valence-electron chi connectivity index (χ3n) is 2.16. The lowest BCUT2D eigenvalue weighted by atomic mass is 10.2. The van der Waals surface area contributed by atoms with E-state index in [1.54, 1.807) is 0 Å². The Balaban J connectivity index is 2.19. The van der Waals surface area contributed by atoms with Crippen molar-refractivity contribution in [2.75, 3.05) is 0 Å². The van der Waals surface area contributed by atoms with Crippen LogP contribution in [0.5, 0.6) is 5.75 Å². The van der Waals surface area contributed by atoms with Gasteiger partial charge in [-0.2, -0.15) is 0 Å². The maximum atomic E-state index is 12.9. The molecule has 2 aromatic rings. The zero-order chi connectivity index (χ0) is 13.1. The fraction of sp³-hybridized carbons (Fsp3) is 0. The van der Waals surface area contributed by atoms with Crippen molar-refractivity contribution >= 4 is 5.97 Å². The normalized spacial score (nSPS) is 10.2. The summed E-state index contributed by atoms with van der Waals surface area (Å²) >= 11 is 0.